The lowest BCUT2D eigenvalue weighted by atomic mass is 10.2. The van der Waals surface area contributed by atoms with Gasteiger partial charge in [0.15, 0.2) is 0 Å². The largest absolute Gasteiger partial charge is 0.480 e. The molecule has 0 aliphatic heterocycles. The maximum Gasteiger partial charge on any atom is 0.322 e. The molecule has 1 aromatic heterocycles. The summed E-state index contributed by atoms with van der Waals surface area (Å²) in [6.45, 7) is 0. The molecule has 0 aliphatic carbocycles. The third-order valence-corrected chi connectivity index (χ3v) is 4.39. The molecule has 112 valence electrons. The third-order valence-electron chi connectivity index (χ3n) is 2.68. The number of aromatic amines is 1. The predicted molar refractivity (Wildman–Crippen MR) is 75.5 cm³/mol. The predicted octanol–water partition coefficient (Wildman–Crippen LogP) is 1.04. The molecule has 0 fully saturated rings. The second-order valence-electron chi connectivity index (χ2n) is 4.25. The summed E-state index contributed by atoms with van der Waals surface area (Å²) in [6, 6.07) is 4.28. The van der Waals surface area contributed by atoms with Crippen molar-refractivity contribution in [1.29, 1.82) is 0 Å². The maximum atomic E-state index is 12.2. The van der Waals surface area contributed by atoms with Crippen LogP contribution in [0.5, 0.6) is 0 Å². The Balaban J connectivity index is 2.21. The Kier molecular flexibility index (Phi) is 4.61. The van der Waals surface area contributed by atoms with Crippen LogP contribution >= 0.6 is 11.6 Å². The Labute approximate surface area is 126 Å². The van der Waals surface area contributed by atoms with Crippen LogP contribution in [0.2, 0.25) is 5.02 Å². The minimum absolute atomic E-state index is 0.0465. The quantitative estimate of drug-likeness (QED) is 0.733. The third kappa shape index (κ3) is 4.03. The number of rotatable bonds is 6. The first-order valence-corrected chi connectivity index (χ1v) is 7.72. The number of sulfonamides is 1. The summed E-state index contributed by atoms with van der Waals surface area (Å²) in [5, 5.41) is 9.40. The zero-order valence-electron chi connectivity index (χ0n) is 10.7. The molecule has 1 heterocycles. The highest BCUT2D eigenvalue weighted by Crippen LogP contribution is 2.16. The molecule has 0 radical (unpaired) electrons. The number of imidazole rings is 1. The Bertz CT molecular complexity index is 731. The smallest absolute Gasteiger partial charge is 0.322 e. The van der Waals surface area contributed by atoms with Gasteiger partial charge >= 0.3 is 5.97 Å². The number of aliphatic carboxylic acids is 1. The zero-order valence-corrected chi connectivity index (χ0v) is 12.2. The molecule has 0 amide bonds. The van der Waals surface area contributed by atoms with Crippen LogP contribution in [0.25, 0.3) is 0 Å². The van der Waals surface area contributed by atoms with Crippen LogP contribution in [0, 0.1) is 0 Å². The maximum absolute atomic E-state index is 12.2. The van der Waals surface area contributed by atoms with Gasteiger partial charge in [-0.1, -0.05) is 17.7 Å². The fourth-order valence-corrected chi connectivity index (χ4v) is 3.17. The number of nitrogens with zero attached hydrogens (tertiary/aromatic N) is 1. The van der Waals surface area contributed by atoms with E-state index in [1.165, 1.54) is 36.8 Å². The summed E-state index contributed by atoms with van der Waals surface area (Å²) in [5.74, 6) is -1.28. The molecule has 0 bridgehead atoms. The molecule has 2 aromatic rings. The van der Waals surface area contributed by atoms with E-state index in [0.717, 1.165) is 0 Å². The summed E-state index contributed by atoms with van der Waals surface area (Å²) in [7, 11) is -3.98. The van der Waals surface area contributed by atoms with Crippen molar-refractivity contribution in [3.05, 3.63) is 47.5 Å². The lowest BCUT2D eigenvalue weighted by Gasteiger charge is -2.14. The molecule has 0 saturated carbocycles. The van der Waals surface area contributed by atoms with E-state index in [2.05, 4.69) is 14.7 Å². The van der Waals surface area contributed by atoms with Crippen molar-refractivity contribution >= 4 is 27.6 Å². The second kappa shape index (κ2) is 6.25. The topological polar surface area (TPSA) is 112 Å². The molecule has 1 atom stereocenters. The lowest BCUT2D eigenvalue weighted by Crippen LogP contribution is -2.42. The highest BCUT2D eigenvalue weighted by atomic mass is 35.5. The minimum atomic E-state index is -3.98. The SMILES string of the molecule is O=C(O)[C@@H](Cc1cnc[nH]1)NS(=O)(=O)c1cccc(Cl)c1. The number of benzene rings is 1. The monoisotopic (exact) mass is 329 g/mol. The van der Waals surface area contributed by atoms with Crippen LogP contribution in [0.4, 0.5) is 0 Å². The number of halogens is 1. The van der Waals surface area contributed by atoms with E-state index < -0.39 is 22.0 Å². The molecule has 1 aromatic carbocycles. The van der Waals surface area contributed by atoms with Gasteiger partial charge in [-0.3, -0.25) is 4.79 Å². The standard InChI is InChI=1S/C12H12ClN3O4S/c13-8-2-1-3-10(4-8)21(19,20)16-11(12(17)18)5-9-6-14-7-15-9/h1-4,6-7,11,16H,5H2,(H,14,15)(H,17,18)/t11-/m1/s1. The van der Waals surface area contributed by atoms with E-state index in [9.17, 15) is 13.2 Å². The number of carboxylic acid groups (broad SMARTS) is 1. The highest BCUT2D eigenvalue weighted by Gasteiger charge is 2.26. The molecule has 21 heavy (non-hydrogen) atoms. The summed E-state index contributed by atoms with van der Waals surface area (Å²) < 4.78 is 26.5. The van der Waals surface area contributed by atoms with Gasteiger partial charge in [0.05, 0.1) is 11.2 Å². The highest BCUT2D eigenvalue weighted by molar-refractivity contribution is 7.89. The Morgan fingerprint density at radius 1 is 1.48 bits per heavy atom. The van der Waals surface area contributed by atoms with Crippen molar-refractivity contribution < 1.29 is 18.3 Å². The molecule has 0 saturated heterocycles. The van der Waals surface area contributed by atoms with Crippen molar-refractivity contribution in [2.24, 2.45) is 0 Å². The van der Waals surface area contributed by atoms with Crippen molar-refractivity contribution in [3.63, 3.8) is 0 Å². The average molecular weight is 330 g/mol. The van der Waals surface area contributed by atoms with Crippen molar-refractivity contribution in [2.45, 2.75) is 17.4 Å². The molecule has 2 rings (SSSR count). The van der Waals surface area contributed by atoms with Gasteiger partial charge in [0, 0.05) is 23.3 Å². The Morgan fingerprint density at radius 2 is 2.24 bits per heavy atom. The van der Waals surface area contributed by atoms with Crippen LogP contribution in [-0.4, -0.2) is 35.5 Å². The van der Waals surface area contributed by atoms with Crippen LogP contribution in [0.15, 0.2) is 41.7 Å². The van der Waals surface area contributed by atoms with Gasteiger partial charge in [-0.15, -0.1) is 0 Å². The van der Waals surface area contributed by atoms with Crippen molar-refractivity contribution in [1.82, 2.24) is 14.7 Å². The van der Waals surface area contributed by atoms with Crippen LogP contribution in [0.1, 0.15) is 5.69 Å². The normalized spacial score (nSPS) is 13.0. The van der Waals surface area contributed by atoms with Gasteiger partial charge in [0.25, 0.3) is 0 Å². The van der Waals surface area contributed by atoms with E-state index in [1.807, 2.05) is 0 Å². The van der Waals surface area contributed by atoms with Crippen molar-refractivity contribution in [2.75, 3.05) is 0 Å². The van der Waals surface area contributed by atoms with E-state index in [-0.39, 0.29) is 16.3 Å². The lowest BCUT2D eigenvalue weighted by molar-refractivity contribution is -0.138. The van der Waals surface area contributed by atoms with Crippen molar-refractivity contribution in [3.8, 4) is 0 Å². The number of carboxylic acids is 1. The molecule has 0 spiro atoms. The summed E-state index contributed by atoms with van der Waals surface area (Å²) in [4.78, 5) is 17.6. The number of H-pyrrole nitrogens is 1. The molecule has 0 aliphatic rings. The van der Waals surface area contributed by atoms with Crippen LogP contribution in [0.3, 0.4) is 0 Å². The molecule has 3 N–H and O–H groups in total. The summed E-state index contributed by atoms with van der Waals surface area (Å²) in [6.07, 6.45) is 2.78. The summed E-state index contributed by atoms with van der Waals surface area (Å²) in [5.41, 5.74) is 0.510. The first-order chi connectivity index (χ1) is 9.88. The number of nitrogens with one attached hydrogen (secondary N) is 2. The van der Waals surface area contributed by atoms with Crippen LogP contribution < -0.4 is 4.72 Å². The van der Waals surface area contributed by atoms with Gasteiger partial charge in [-0.25, -0.2) is 13.4 Å². The van der Waals surface area contributed by atoms with Gasteiger partial charge in [0.1, 0.15) is 6.04 Å². The first kappa shape index (κ1) is 15.5. The molecule has 0 unspecified atom stereocenters. The number of hydrogen-bond donors (Lipinski definition) is 3. The van der Waals surface area contributed by atoms with Gasteiger partial charge in [-0.05, 0) is 18.2 Å². The van der Waals surface area contributed by atoms with E-state index >= 15 is 0 Å². The fraction of sp³-hybridized carbons (Fsp3) is 0.167. The van der Waals surface area contributed by atoms with E-state index in [4.69, 9.17) is 16.7 Å². The summed E-state index contributed by atoms with van der Waals surface area (Å²) >= 11 is 5.74. The second-order valence-corrected chi connectivity index (χ2v) is 6.40. The Morgan fingerprint density at radius 3 is 2.81 bits per heavy atom. The fourth-order valence-electron chi connectivity index (χ4n) is 1.69. The van der Waals surface area contributed by atoms with Crippen LogP contribution in [-0.2, 0) is 21.2 Å². The van der Waals surface area contributed by atoms with Gasteiger partial charge in [0.2, 0.25) is 10.0 Å². The molecular formula is C12H12ClN3O4S. The number of aromatic nitrogens is 2. The van der Waals surface area contributed by atoms with E-state index in [0.29, 0.717) is 5.69 Å². The first-order valence-electron chi connectivity index (χ1n) is 5.86. The van der Waals surface area contributed by atoms with E-state index in [1.54, 1.807) is 0 Å². The minimum Gasteiger partial charge on any atom is -0.480 e. The van der Waals surface area contributed by atoms with Gasteiger partial charge in [-0.2, -0.15) is 4.72 Å². The molecule has 9 heteroatoms. The Hall–Kier alpha value is -1.90. The number of hydrogen-bond acceptors (Lipinski definition) is 4. The zero-order chi connectivity index (χ0) is 15.5. The molecule has 7 nitrogen and oxygen atoms in total. The van der Waals surface area contributed by atoms with Gasteiger partial charge < -0.3 is 10.1 Å². The average Bonchev–Trinajstić information content (AvgIpc) is 2.90. The molecular weight excluding hydrogens is 318 g/mol. The number of carbonyl (C=O) groups is 1.